The van der Waals surface area contributed by atoms with Gasteiger partial charge in [0.15, 0.2) is 0 Å². The van der Waals surface area contributed by atoms with E-state index in [1.807, 2.05) is 31.2 Å². The van der Waals surface area contributed by atoms with Gasteiger partial charge in [0, 0.05) is 37.8 Å². The number of carbonyl (C=O) groups is 1. The lowest BCUT2D eigenvalue weighted by atomic mass is 10.1. The van der Waals surface area contributed by atoms with Crippen LogP contribution in [0.25, 0.3) is 0 Å². The zero-order valence-electron chi connectivity index (χ0n) is 11.1. The quantitative estimate of drug-likeness (QED) is 0.823. The predicted octanol–water partition coefficient (Wildman–Crippen LogP) is 0.628. The fraction of sp³-hybridized carbons (Fsp3) is 0.500. The fourth-order valence-electron chi connectivity index (χ4n) is 2.22. The second-order valence-corrected chi connectivity index (χ2v) is 4.86. The summed E-state index contributed by atoms with van der Waals surface area (Å²) in [6.07, 6.45) is 0. The number of nitrogens with one attached hydrogen (secondary N) is 2. The molecule has 1 atom stereocenters. The minimum Gasteiger partial charge on any atom is -0.350 e. The van der Waals surface area contributed by atoms with E-state index < -0.39 is 0 Å². The number of carbonyl (C=O) groups excluding carboxylic acids is 1. The lowest BCUT2D eigenvalue weighted by Crippen LogP contribution is -2.53. The summed E-state index contributed by atoms with van der Waals surface area (Å²) >= 11 is 0. The van der Waals surface area contributed by atoms with Gasteiger partial charge in [0.1, 0.15) is 0 Å². The first-order valence-electron chi connectivity index (χ1n) is 6.43. The molecule has 1 aromatic rings. The Labute approximate surface area is 108 Å². The Morgan fingerprint density at radius 1 is 1.50 bits per heavy atom. The molecule has 2 rings (SSSR count). The van der Waals surface area contributed by atoms with Crippen molar-refractivity contribution in [2.75, 3.05) is 33.2 Å². The summed E-state index contributed by atoms with van der Waals surface area (Å²) in [6.45, 7) is 5.65. The van der Waals surface area contributed by atoms with Crippen LogP contribution >= 0.6 is 0 Å². The SMILES string of the molecule is Cc1ccccc1C(=O)NCC1CNCCN1C. The highest BCUT2D eigenvalue weighted by Crippen LogP contribution is 2.07. The molecular formula is C14H21N3O. The number of rotatable bonds is 3. The van der Waals surface area contributed by atoms with Crippen molar-refractivity contribution < 1.29 is 4.79 Å². The molecule has 4 nitrogen and oxygen atoms in total. The molecule has 4 heteroatoms. The van der Waals surface area contributed by atoms with E-state index in [1.165, 1.54) is 0 Å². The maximum absolute atomic E-state index is 12.1. The number of aryl methyl sites for hydroxylation is 1. The highest BCUT2D eigenvalue weighted by atomic mass is 16.1. The Morgan fingerprint density at radius 3 is 3.00 bits per heavy atom. The van der Waals surface area contributed by atoms with Crippen LogP contribution in [0.4, 0.5) is 0 Å². The van der Waals surface area contributed by atoms with Gasteiger partial charge in [-0.15, -0.1) is 0 Å². The smallest absolute Gasteiger partial charge is 0.251 e. The highest BCUT2D eigenvalue weighted by molar-refractivity contribution is 5.95. The van der Waals surface area contributed by atoms with Crippen LogP contribution in [0.5, 0.6) is 0 Å². The summed E-state index contributed by atoms with van der Waals surface area (Å²) in [7, 11) is 2.10. The van der Waals surface area contributed by atoms with Gasteiger partial charge in [-0.2, -0.15) is 0 Å². The van der Waals surface area contributed by atoms with Crippen LogP contribution in [-0.2, 0) is 0 Å². The molecule has 98 valence electrons. The van der Waals surface area contributed by atoms with Crippen LogP contribution < -0.4 is 10.6 Å². The van der Waals surface area contributed by atoms with E-state index in [-0.39, 0.29) is 5.91 Å². The monoisotopic (exact) mass is 247 g/mol. The second kappa shape index (κ2) is 5.98. The zero-order chi connectivity index (χ0) is 13.0. The van der Waals surface area contributed by atoms with Crippen molar-refractivity contribution in [3.8, 4) is 0 Å². The summed E-state index contributed by atoms with van der Waals surface area (Å²) in [5.41, 5.74) is 1.79. The summed E-state index contributed by atoms with van der Waals surface area (Å²) < 4.78 is 0. The largest absolute Gasteiger partial charge is 0.350 e. The number of amides is 1. The van der Waals surface area contributed by atoms with Gasteiger partial charge in [-0.05, 0) is 25.6 Å². The third-order valence-corrected chi connectivity index (χ3v) is 3.53. The van der Waals surface area contributed by atoms with Gasteiger partial charge < -0.3 is 10.6 Å². The molecule has 0 saturated carbocycles. The predicted molar refractivity (Wildman–Crippen MR) is 72.8 cm³/mol. The molecule has 1 aliphatic heterocycles. The van der Waals surface area contributed by atoms with Crippen molar-refractivity contribution >= 4 is 5.91 Å². The summed E-state index contributed by atoms with van der Waals surface area (Å²) in [5, 5.41) is 6.37. The Bertz CT molecular complexity index is 419. The second-order valence-electron chi connectivity index (χ2n) is 4.86. The van der Waals surface area contributed by atoms with Gasteiger partial charge in [-0.3, -0.25) is 9.69 Å². The Hall–Kier alpha value is -1.39. The lowest BCUT2D eigenvalue weighted by Gasteiger charge is -2.33. The average Bonchev–Trinajstić information content (AvgIpc) is 2.38. The van der Waals surface area contributed by atoms with E-state index in [0.29, 0.717) is 12.6 Å². The molecule has 0 aliphatic carbocycles. The van der Waals surface area contributed by atoms with Gasteiger partial charge in [-0.25, -0.2) is 0 Å². The minimum absolute atomic E-state index is 0.0204. The summed E-state index contributed by atoms with van der Waals surface area (Å²) in [6, 6.07) is 8.06. The van der Waals surface area contributed by atoms with Crippen molar-refractivity contribution in [3.05, 3.63) is 35.4 Å². The number of nitrogens with zero attached hydrogens (tertiary/aromatic N) is 1. The average molecular weight is 247 g/mol. The number of hydrogen-bond acceptors (Lipinski definition) is 3. The molecule has 0 radical (unpaired) electrons. The van der Waals surface area contributed by atoms with E-state index in [4.69, 9.17) is 0 Å². The molecule has 2 N–H and O–H groups in total. The van der Waals surface area contributed by atoms with Crippen LogP contribution in [-0.4, -0.2) is 50.1 Å². The molecule has 1 heterocycles. The Morgan fingerprint density at radius 2 is 2.28 bits per heavy atom. The molecule has 0 spiro atoms. The Kier molecular flexibility index (Phi) is 4.33. The molecule has 0 aromatic heterocycles. The van der Waals surface area contributed by atoms with Gasteiger partial charge in [0.25, 0.3) is 5.91 Å². The van der Waals surface area contributed by atoms with Crippen LogP contribution in [0.2, 0.25) is 0 Å². The standard InChI is InChI=1S/C14H21N3O/c1-11-5-3-4-6-13(11)14(18)16-10-12-9-15-7-8-17(12)2/h3-6,12,15H,7-10H2,1-2H3,(H,16,18). The Balaban J connectivity index is 1.90. The zero-order valence-corrected chi connectivity index (χ0v) is 11.1. The van der Waals surface area contributed by atoms with E-state index in [0.717, 1.165) is 30.8 Å². The minimum atomic E-state index is 0.0204. The molecule has 1 fully saturated rings. The van der Waals surface area contributed by atoms with E-state index in [9.17, 15) is 4.79 Å². The number of piperazine rings is 1. The summed E-state index contributed by atoms with van der Waals surface area (Å²) in [5.74, 6) is 0.0204. The molecule has 18 heavy (non-hydrogen) atoms. The maximum Gasteiger partial charge on any atom is 0.251 e. The number of hydrogen-bond donors (Lipinski definition) is 2. The third kappa shape index (κ3) is 3.09. The third-order valence-electron chi connectivity index (χ3n) is 3.53. The highest BCUT2D eigenvalue weighted by Gasteiger charge is 2.19. The van der Waals surface area contributed by atoms with E-state index in [2.05, 4.69) is 22.6 Å². The van der Waals surface area contributed by atoms with Crippen LogP contribution in [0.15, 0.2) is 24.3 Å². The van der Waals surface area contributed by atoms with Crippen molar-refractivity contribution in [2.24, 2.45) is 0 Å². The van der Waals surface area contributed by atoms with Crippen molar-refractivity contribution in [1.82, 2.24) is 15.5 Å². The van der Waals surface area contributed by atoms with Crippen LogP contribution in [0.1, 0.15) is 15.9 Å². The normalized spacial score (nSPS) is 20.7. The van der Waals surface area contributed by atoms with Crippen LogP contribution in [0, 0.1) is 6.92 Å². The van der Waals surface area contributed by atoms with Gasteiger partial charge in [0.2, 0.25) is 0 Å². The van der Waals surface area contributed by atoms with Gasteiger partial charge in [-0.1, -0.05) is 18.2 Å². The maximum atomic E-state index is 12.1. The number of benzene rings is 1. The van der Waals surface area contributed by atoms with Crippen molar-refractivity contribution in [3.63, 3.8) is 0 Å². The first-order valence-corrected chi connectivity index (χ1v) is 6.43. The lowest BCUT2D eigenvalue weighted by molar-refractivity contribution is 0.0932. The van der Waals surface area contributed by atoms with E-state index >= 15 is 0 Å². The molecule has 0 bridgehead atoms. The molecular weight excluding hydrogens is 226 g/mol. The summed E-state index contributed by atoms with van der Waals surface area (Å²) in [4.78, 5) is 14.4. The number of likely N-dealkylation sites (N-methyl/N-ethyl adjacent to an activating group) is 1. The molecule has 1 aromatic carbocycles. The van der Waals surface area contributed by atoms with Crippen molar-refractivity contribution in [2.45, 2.75) is 13.0 Å². The first kappa shape index (κ1) is 13.1. The topological polar surface area (TPSA) is 44.4 Å². The fourth-order valence-corrected chi connectivity index (χ4v) is 2.22. The molecule has 1 saturated heterocycles. The molecule has 1 unspecified atom stereocenters. The van der Waals surface area contributed by atoms with Crippen molar-refractivity contribution in [1.29, 1.82) is 0 Å². The van der Waals surface area contributed by atoms with Crippen LogP contribution in [0.3, 0.4) is 0 Å². The first-order chi connectivity index (χ1) is 8.68. The van der Waals surface area contributed by atoms with E-state index in [1.54, 1.807) is 0 Å². The van der Waals surface area contributed by atoms with Gasteiger partial charge in [0.05, 0.1) is 0 Å². The van der Waals surface area contributed by atoms with Gasteiger partial charge >= 0.3 is 0 Å². The molecule has 1 aliphatic rings. The molecule has 1 amide bonds.